The van der Waals surface area contributed by atoms with Crippen LogP contribution in [0.4, 0.5) is 17.1 Å². The maximum absolute atomic E-state index is 15.1. The zero-order valence-electron chi connectivity index (χ0n) is 33.9. The minimum atomic E-state index is -3.87. The molecule has 15 heteroatoms. The second-order valence-corrected chi connectivity index (χ2v) is 19.2. The van der Waals surface area contributed by atoms with Gasteiger partial charge in [-0.3, -0.25) is 19.1 Å². The van der Waals surface area contributed by atoms with E-state index in [1.807, 2.05) is 80.7 Å². The summed E-state index contributed by atoms with van der Waals surface area (Å²) in [6.07, 6.45) is 8.74. The quantitative estimate of drug-likeness (QED) is 0.276. The van der Waals surface area contributed by atoms with E-state index in [0.29, 0.717) is 25.3 Å². The molecule has 0 radical (unpaired) electrons. The molecule has 1 aromatic heterocycles. The third-order valence-corrected chi connectivity index (χ3v) is 14.3. The van der Waals surface area contributed by atoms with Crippen LogP contribution in [0.2, 0.25) is 0 Å². The fourth-order valence-corrected chi connectivity index (χ4v) is 10.2. The number of ether oxygens (including phenoxy) is 2. The van der Waals surface area contributed by atoms with Crippen molar-refractivity contribution >= 4 is 55.6 Å². The number of carbonyl (C=O) groups is 3. The number of anilines is 3. The molecule has 0 spiro atoms. The van der Waals surface area contributed by atoms with E-state index in [9.17, 15) is 18.0 Å². The molecule has 310 valence electrons. The van der Waals surface area contributed by atoms with E-state index in [1.165, 1.54) is 0 Å². The fraction of sp³-hybridized carbons (Fsp3) is 0.535. The van der Waals surface area contributed by atoms with E-state index in [4.69, 9.17) is 9.47 Å². The van der Waals surface area contributed by atoms with Gasteiger partial charge in [-0.25, -0.2) is 13.4 Å². The van der Waals surface area contributed by atoms with Gasteiger partial charge in [-0.05, 0) is 92.8 Å². The maximum Gasteiger partial charge on any atom is 0.259 e. The molecule has 4 heterocycles. The van der Waals surface area contributed by atoms with Crippen LogP contribution in [0.25, 0.3) is 10.8 Å². The van der Waals surface area contributed by atoms with Gasteiger partial charge in [-0.2, -0.15) is 0 Å². The lowest BCUT2D eigenvalue weighted by molar-refractivity contribution is -0.141. The Morgan fingerprint density at radius 2 is 1.81 bits per heavy atom. The Labute approximate surface area is 340 Å². The van der Waals surface area contributed by atoms with E-state index in [-0.39, 0.29) is 37.1 Å². The number of benzene rings is 2. The molecule has 0 bridgehead atoms. The van der Waals surface area contributed by atoms with E-state index in [1.54, 1.807) is 11.1 Å². The van der Waals surface area contributed by atoms with E-state index < -0.39 is 56.7 Å². The lowest BCUT2D eigenvalue weighted by Crippen LogP contribution is -2.58. The summed E-state index contributed by atoms with van der Waals surface area (Å²) in [7, 11) is 2.09. The number of pyridine rings is 1. The number of hydrogen-bond donors (Lipinski definition) is 3. The number of nitrogens with one attached hydrogen (secondary N) is 3. The average molecular weight is 814 g/mol. The van der Waals surface area contributed by atoms with Crippen LogP contribution < -0.4 is 34.6 Å². The van der Waals surface area contributed by atoms with Crippen molar-refractivity contribution in [2.75, 3.05) is 56.0 Å². The first-order valence-electron chi connectivity index (χ1n) is 20.6. The Balaban J connectivity index is 1.13. The molecule has 3 N–H and O–H groups in total. The number of amides is 3. The van der Waals surface area contributed by atoms with E-state index in [0.717, 1.165) is 59.4 Å². The van der Waals surface area contributed by atoms with Crippen LogP contribution in [0, 0.1) is 17.8 Å². The van der Waals surface area contributed by atoms with Gasteiger partial charge in [-0.1, -0.05) is 26.0 Å². The lowest BCUT2D eigenvalue weighted by Gasteiger charge is -2.33. The number of rotatable bonds is 8. The molecule has 0 unspecified atom stereocenters. The molecular weight excluding hydrogens is 759 g/mol. The molecule has 58 heavy (non-hydrogen) atoms. The van der Waals surface area contributed by atoms with Crippen molar-refractivity contribution < 1.29 is 32.3 Å². The first-order valence-corrected chi connectivity index (χ1v) is 22.1. The van der Waals surface area contributed by atoms with E-state index in [2.05, 4.69) is 39.1 Å². The smallest absolute Gasteiger partial charge is 0.259 e. The zero-order valence-corrected chi connectivity index (χ0v) is 34.8. The Morgan fingerprint density at radius 3 is 2.55 bits per heavy atom. The summed E-state index contributed by atoms with van der Waals surface area (Å²) in [6, 6.07) is 12.0. The summed E-state index contributed by atoms with van der Waals surface area (Å²) >= 11 is 0. The minimum Gasteiger partial charge on any atom is -0.489 e. The molecule has 2 aliphatic carbocycles. The second kappa shape index (κ2) is 15.6. The summed E-state index contributed by atoms with van der Waals surface area (Å²) in [5.74, 6) is -0.650. The van der Waals surface area contributed by atoms with Gasteiger partial charge in [0.15, 0.2) is 5.75 Å². The SMILES string of the molecule is C[C@@H]1CC/C=C\[C@@H]2C[C@@]2(C(=O)NS(=O)(=O)C2CC2)NC(=O)[C@@H]2C[C@@H](Oc3nccc4c5c(ccc34)N(C)CCO5)CN2C(=O)[C@@H](Nc2ccc(N(C)C)cc2)[C@H](C)C1. The molecule has 3 amide bonds. The number of nitrogens with zero attached hydrogens (tertiary/aromatic N) is 4. The normalized spacial score (nSPS) is 29.4. The molecule has 5 aliphatic rings. The van der Waals surface area contributed by atoms with Crippen molar-refractivity contribution in [1.29, 1.82) is 0 Å². The predicted octanol–water partition coefficient (Wildman–Crippen LogP) is 4.45. The second-order valence-electron chi connectivity index (χ2n) is 17.2. The van der Waals surface area contributed by atoms with Crippen LogP contribution >= 0.6 is 0 Å². The van der Waals surface area contributed by atoms with Gasteiger partial charge < -0.3 is 34.8 Å². The van der Waals surface area contributed by atoms with Gasteiger partial charge in [0.05, 0.1) is 24.0 Å². The van der Waals surface area contributed by atoms with Crippen molar-refractivity contribution in [3.8, 4) is 11.6 Å². The first kappa shape index (κ1) is 39.8. The summed E-state index contributed by atoms with van der Waals surface area (Å²) in [5, 5.41) is 7.52. The molecule has 8 rings (SSSR count). The van der Waals surface area contributed by atoms with Crippen LogP contribution in [0.3, 0.4) is 0 Å². The monoisotopic (exact) mass is 813 g/mol. The molecule has 7 atom stereocenters. The first-order chi connectivity index (χ1) is 27.7. The highest BCUT2D eigenvalue weighted by atomic mass is 32.2. The number of carbonyl (C=O) groups excluding carboxylic acids is 3. The van der Waals surface area contributed by atoms with Gasteiger partial charge in [0.2, 0.25) is 27.7 Å². The van der Waals surface area contributed by atoms with Crippen molar-refractivity contribution in [1.82, 2.24) is 19.9 Å². The third kappa shape index (κ3) is 7.89. The average Bonchev–Trinajstić information content (AvgIpc) is 4.12. The molecule has 2 aromatic carbocycles. The van der Waals surface area contributed by atoms with Gasteiger partial charge in [-0.15, -0.1) is 0 Å². The van der Waals surface area contributed by atoms with Crippen molar-refractivity contribution in [3.63, 3.8) is 0 Å². The Bertz CT molecular complexity index is 2210. The number of fused-ring (bicyclic) bond motifs is 5. The lowest BCUT2D eigenvalue weighted by atomic mass is 9.87. The Hall–Kier alpha value is -5.05. The maximum atomic E-state index is 15.1. The van der Waals surface area contributed by atoms with Gasteiger partial charge in [0.25, 0.3) is 5.91 Å². The largest absolute Gasteiger partial charge is 0.489 e. The highest BCUT2D eigenvalue weighted by molar-refractivity contribution is 7.91. The van der Waals surface area contributed by atoms with Crippen LogP contribution in [0.1, 0.15) is 58.8 Å². The highest BCUT2D eigenvalue weighted by Gasteiger charge is 2.62. The van der Waals surface area contributed by atoms with Crippen LogP contribution in [-0.4, -0.2) is 106 Å². The molecular formula is C43H55N7O7S. The van der Waals surface area contributed by atoms with Crippen LogP contribution in [0.15, 0.2) is 60.8 Å². The van der Waals surface area contributed by atoms with Crippen molar-refractivity contribution in [3.05, 3.63) is 60.8 Å². The van der Waals surface area contributed by atoms with Crippen LogP contribution in [-0.2, 0) is 24.4 Å². The van der Waals surface area contributed by atoms with Gasteiger partial charge in [0.1, 0.15) is 30.3 Å². The number of hydrogen-bond acceptors (Lipinski definition) is 11. The van der Waals surface area contributed by atoms with Crippen LogP contribution in [0.5, 0.6) is 11.6 Å². The molecule has 2 saturated carbocycles. The number of sulfonamides is 1. The van der Waals surface area contributed by atoms with Gasteiger partial charge in [0, 0.05) is 61.8 Å². The molecule has 3 fully saturated rings. The van der Waals surface area contributed by atoms with Crippen molar-refractivity contribution in [2.45, 2.75) is 87.8 Å². The Kier molecular flexibility index (Phi) is 10.7. The summed E-state index contributed by atoms with van der Waals surface area (Å²) in [6.45, 7) is 5.67. The number of allylic oxidation sites excluding steroid dienone is 1. The van der Waals surface area contributed by atoms with Crippen molar-refractivity contribution in [2.24, 2.45) is 17.8 Å². The topological polar surface area (TPSA) is 163 Å². The summed E-state index contributed by atoms with van der Waals surface area (Å²) in [4.78, 5) is 54.0. The molecule has 3 aromatic rings. The van der Waals surface area contributed by atoms with E-state index >= 15 is 4.79 Å². The number of likely N-dealkylation sites (N-methyl/N-ethyl adjacent to an activating group) is 1. The van der Waals surface area contributed by atoms with Gasteiger partial charge >= 0.3 is 0 Å². The zero-order chi connectivity index (χ0) is 40.9. The fourth-order valence-electron chi connectivity index (χ4n) is 8.83. The number of aromatic nitrogens is 1. The predicted molar refractivity (Wildman–Crippen MR) is 224 cm³/mol. The Morgan fingerprint density at radius 1 is 1.03 bits per heavy atom. The minimum absolute atomic E-state index is 0.0950. The molecule has 14 nitrogen and oxygen atoms in total. The highest BCUT2D eigenvalue weighted by Crippen LogP contribution is 2.46. The molecule has 3 aliphatic heterocycles. The summed E-state index contributed by atoms with van der Waals surface area (Å²) < 4.78 is 41.0. The standard InChI is InChI=1S/C43H55N7O7S/c1-26-8-6-7-9-28-24-43(28,42(53)47-58(54,55)32-14-15-32)46-39(51)36-23-31(57-40-34-16-17-35-38(33(34)18-19-44-40)56-21-20-49(35)5)25-50(36)41(52)37(27(2)22-26)45-29-10-12-30(13-11-29)48(3)4/h7,9-13,16-19,26-28,31-32,36-37,45H,6,8,14-15,20-25H2,1-5H3,(H,46,51)(H,47,53)/b9-7-/t26-,27-,28-,31-,36+,37+,43-/m1/s1. The third-order valence-electron chi connectivity index (χ3n) is 12.5. The summed E-state index contributed by atoms with van der Waals surface area (Å²) in [5.41, 5.74) is 1.31. The molecule has 1 saturated heterocycles.